The van der Waals surface area contributed by atoms with Gasteiger partial charge >= 0.3 is 5.97 Å². The molecule has 23 heavy (non-hydrogen) atoms. The van der Waals surface area contributed by atoms with Gasteiger partial charge in [0.15, 0.2) is 5.76 Å². The van der Waals surface area contributed by atoms with Gasteiger partial charge in [-0.05, 0) is 29.8 Å². The first-order valence-corrected chi connectivity index (χ1v) is 6.82. The highest BCUT2D eigenvalue weighted by Crippen LogP contribution is 2.23. The smallest absolute Gasteiger partial charge is 0.335 e. The van der Waals surface area contributed by atoms with Crippen LogP contribution in [0.4, 0.5) is 0 Å². The Morgan fingerprint density at radius 1 is 1.04 bits per heavy atom. The highest BCUT2D eigenvalue weighted by atomic mass is 16.4. The maximum absolute atomic E-state index is 12.2. The minimum Gasteiger partial charge on any atom is -0.502 e. The van der Waals surface area contributed by atoms with E-state index in [1.165, 1.54) is 24.3 Å². The molecule has 0 fully saturated rings. The van der Waals surface area contributed by atoms with Crippen molar-refractivity contribution in [1.82, 2.24) is 0 Å². The average Bonchev–Trinajstić information content (AvgIpc) is 2.57. The molecule has 114 valence electrons. The van der Waals surface area contributed by atoms with Crippen LogP contribution in [0, 0.1) is 0 Å². The molecule has 0 amide bonds. The van der Waals surface area contributed by atoms with Gasteiger partial charge in [-0.25, -0.2) is 4.79 Å². The molecule has 0 aliphatic carbocycles. The summed E-state index contributed by atoms with van der Waals surface area (Å²) in [6.07, 6.45) is 3.20. The van der Waals surface area contributed by atoms with E-state index in [2.05, 4.69) is 0 Å². The van der Waals surface area contributed by atoms with E-state index in [9.17, 15) is 14.7 Å². The molecule has 2 N–H and O–H groups in total. The summed E-state index contributed by atoms with van der Waals surface area (Å²) in [5.74, 6) is -1.68. The molecule has 0 saturated carbocycles. The van der Waals surface area contributed by atoms with E-state index in [1.807, 2.05) is 30.3 Å². The van der Waals surface area contributed by atoms with Gasteiger partial charge in [-0.2, -0.15) is 0 Å². The Labute approximate surface area is 130 Å². The SMILES string of the molecule is O=C(O)c1ccc2oc(C=Cc3ccccc3)c(O)c(=O)c2c1. The van der Waals surface area contributed by atoms with Crippen molar-refractivity contribution in [3.63, 3.8) is 0 Å². The van der Waals surface area contributed by atoms with Gasteiger partial charge in [0, 0.05) is 0 Å². The molecule has 0 saturated heterocycles. The minimum atomic E-state index is -1.15. The first kappa shape index (κ1) is 14.6. The molecular formula is C18H12O5. The second-order valence-electron chi connectivity index (χ2n) is 4.90. The van der Waals surface area contributed by atoms with Crippen molar-refractivity contribution in [2.45, 2.75) is 0 Å². The van der Waals surface area contributed by atoms with Crippen LogP contribution in [0.1, 0.15) is 21.7 Å². The summed E-state index contributed by atoms with van der Waals surface area (Å²) >= 11 is 0. The van der Waals surface area contributed by atoms with E-state index in [0.29, 0.717) is 0 Å². The average molecular weight is 308 g/mol. The van der Waals surface area contributed by atoms with Crippen molar-refractivity contribution >= 4 is 29.1 Å². The summed E-state index contributed by atoms with van der Waals surface area (Å²) in [5, 5.41) is 19.0. The van der Waals surface area contributed by atoms with Gasteiger partial charge in [-0.3, -0.25) is 4.79 Å². The van der Waals surface area contributed by atoms with Crippen LogP contribution in [0.2, 0.25) is 0 Å². The second kappa shape index (κ2) is 5.81. The standard InChI is InChI=1S/C18H12O5/c19-16-13-10-12(18(21)22)7-9-14(13)23-15(17(16)20)8-6-11-4-2-1-3-5-11/h1-10,20H,(H,21,22). The van der Waals surface area contributed by atoms with Crippen molar-refractivity contribution in [2.75, 3.05) is 0 Å². The zero-order valence-corrected chi connectivity index (χ0v) is 11.9. The summed E-state index contributed by atoms with van der Waals surface area (Å²) in [6, 6.07) is 13.3. The molecule has 5 nitrogen and oxygen atoms in total. The number of aromatic hydroxyl groups is 1. The summed E-state index contributed by atoms with van der Waals surface area (Å²) in [4.78, 5) is 23.2. The van der Waals surface area contributed by atoms with Crippen LogP contribution in [-0.2, 0) is 0 Å². The Balaban J connectivity index is 2.11. The van der Waals surface area contributed by atoms with Crippen LogP contribution in [-0.4, -0.2) is 16.2 Å². The highest BCUT2D eigenvalue weighted by molar-refractivity contribution is 5.93. The van der Waals surface area contributed by atoms with E-state index < -0.39 is 17.1 Å². The molecule has 0 aliphatic rings. The Morgan fingerprint density at radius 2 is 1.78 bits per heavy atom. The van der Waals surface area contributed by atoms with E-state index >= 15 is 0 Å². The number of aromatic carboxylic acids is 1. The van der Waals surface area contributed by atoms with Crippen LogP contribution < -0.4 is 5.43 Å². The van der Waals surface area contributed by atoms with Crippen LogP contribution >= 0.6 is 0 Å². The molecule has 0 bridgehead atoms. The Bertz CT molecular complexity index is 968. The Hall–Kier alpha value is -3.34. The molecule has 0 spiro atoms. The summed E-state index contributed by atoms with van der Waals surface area (Å²) in [7, 11) is 0. The maximum atomic E-state index is 12.2. The lowest BCUT2D eigenvalue weighted by Crippen LogP contribution is -2.05. The largest absolute Gasteiger partial charge is 0.502 e. The molecule has 3 aromatic rings. The lowest BCUT2D eigenvalue weighted by atomic mass is 10.1. The quantitative estimate of drug-likeness (QED) is 0.774. The maximum Gasteiger partial charge on any atom is 0.335 e. The van der Waals surface area contributed by atoms with Crippen molar-refractivity contribution in [3.8, 4) is 5.75 Å². The van der Waals surface area contributed by atoms with E-state index in [1.54, 1.807) is 6.08 Å². The molecule has 1 aromatic heterocycles. The van der Waals surface area contributed by atoms with Gasteiger partial charge in [0.05, 0.1) is 10.9 Å². The zero-order chi connectivity index (χ0) is 16.4. The summed E-state index contributed by atoms with van der Waals surface area (Å²) in [5.41, 5.74) is 0.389. The topological polar surface area (TPSA) is 87.7 Å². The van der Waals surface area contributed by atoms with Crippen LogP contribution in [0.15, 0.2) is 57.7 Å². The first-order chi connectivity index (χ1) is 11.1. The van der Waals surface area contributed by atoms with Crippen LogP contribution in [0.5, 0.6) is 5.75 Å². The predicted octanol–water partition coefficient (Wildman–Crippen LogP) is 3.37. The van der Waals surface area contributed by atoms with Gasteiger partial charge in [0.2, 0.25) is 11.2 Å². The molecule has 0 aliphatic heterocycles. The number of rotatable bonds is 3. The Kier molecular flexibility index (Phi) is 3.68. The summed E-state index contributed by atoms with van der Waals surface area (Å²) < 4.78 is 5.50. The van der Waals surface area contributed by atoms with Gasteiger partial charge in [0.25, 0.3) is 0 Å². The number of hydrogen-bond donors (Lipinski definition) is 2. The first-order valence-electron chi connectivity index (χ1n) is 6.82. The fourth-order valence-corrected chi connectivity index (χ4v) is 2.18. The molecule has 5 heteroatoms. The van der Waals surface area contributed by atoms with Crippen LogP contribution in [0.25, 0.3) is 23.1 Å². The number of benzene rings is 2. The van der Waals surface area contributed by atoms with Gasteiger partial charge in [-0.1, -0.05) is 36.4 Å². The summed E-state index contributed by atoms with van der Waals surface area (Å²) in [6.45, 7) is 0. The van der Waals surface area contributed by atoms with Gasteiger partial charge in [-0.15, -0.1) is 0 Å². The predicted molar refractivity (Wildman–Crippen MR) is 86.5 cm³/mol. The van der Waals surface area contributed by atoms with Crippen molar-refractivity contribution in [2.24, 2.45) is 0 Å². The molecule has 0 atom stereocenters. The van der Waals surface area contributed by atoms with Crippen LogP contribution in [0.3, 0.4) is 0 Å². The van der Waals surface area contributed by atoms with Crippen molar-refractivity contribution in [3.05, 3.63) is 75.6 Å². The molecule has 2 aromatic carbocycles. The van der Waals surface area contributed by atoms with E-state index in [0.717, 1.165) is 5.56 Å². The third-order valence-electron chi connectivity index (χ3n) is 3.37. The number of carbonyl (C=O) groups is 1. The zero-order valence-electron chi connectivity index (χ0n) is 11.9. The fourth-order valence-electron chi connectivity index (χ4n) is 2.18. The monoisotopic (exact) mass is 308 g/mol. The molecule has 0 unspecified atom stereocenters. The lowest BCUT2D eigenvalue weighted by molar-refractivity contribution is 0.0697. The van der Waals surface area contributed by atoms with Gasteiger partial charge < -0.3 is 14.6 Å². The molecular weight excluding hydrogens is 296 g/mol. The minimum absolute atomic E-state index is 0.0226. The highest BCUT2D eigenvalue weighted by Gasteiger charge is 2.13. The second-order valence-corrected chi connectivity index (χ2v) is 4.90. The molecule has 3 rings (SSSR count). The normalized spacial score (nSPS) is 11.1. The number of carboxylic acid groups (broad SMARTS) is 1. The van der Waals surface area contributed by atoms with Gasteiger partial charge in [0.1, 0.15) is 5.58 Å². The third-order valence-corrected chi connectivity index (χ3v) is 3.37. The van der Waals surface area contributed by atoms with Crippen molar-refractivity contribution in [1.29, 1.82) is 0 Å². The van der Waals surface area contributed by atoms with E-state index in [4.69, 9.17) is 9.52 Å². The van der Waals surface area contributed by atoms with E-state index in [-0.39, 0.29) is 22.3 Å². The molecule has 1 heterocycles. The van der Waals surface area contributed by atoms with Crippen molar-refractivity contribution < 1.29 is 19.4 Å². The Morgan fingerprint density at radius 3 is 2.48 bits per heavy atom. The fraction of sp³-hybridized carbons (Fsp3) is 0. The lowest BCUT2D eigenvalue weighted by Gasteiger charge is -2.03. The third kappa shape index (κ3) is 2.85. The number of carboxylic acids is 1. The number of hydrogen-bond acceptors (Lipinski definition) is 4. The molecule has 0 radical (unpaired) electrons. The number of fused-ring (bicyclic) bond motifs is 1.